The van der Waals surface area contributed by atoms with Crippen molar-refractivity contribution in [1.82, 2.24) is 20.2 Å². The van der Waals surface area contributed by atoms with Gasteiger partial charge in [0.1, 0.15) is 0 Å². The summed E-state index contributed by atoms with van der Waals surface area (Å²) in [4.78, 5) is 0. The number of hydrogen-bond acceptors (Lipinski definition) is 5. The molecule has 0 saturated heterocycles. The summed E-state index contributed by atoms with van der Waals surface area (Å²) in [6.45, 7) is 4.45. The summed E-state index contributed by atoms with van der Waals surface area (Å²) in [5.41, 5.74) is 0.988. The van der Waals surface area contributed by atoms with E-state index in [0.717, 1.165) is 22.3 Å². The lowest BCUT2D eigenvalue weighted by atomic mass is 10.0. The molecule has 0 fully saturated rings. The normalized spacial score (nSPS) is 12.8. The minimum atomic E-state index is 0.564. The molecule has 4 nitrogen and oxygen atoms in total. The van der Waals surface area contributed by atoms with Gasteiger partial charge >= 0.3 is 0 Å². The van der Waals surface area contributed by atoms with E-state index < -0.39 is 0 Å². The molecule has 0 N–H and O–H groups in total. The lowest BCUT2D eigenvalue weighted by molar-refractivity contribution is 0.472. The number of aromatic nitrogens is 4. The van der Waals surface area contributed by atoms with Crippen LogP contribution in [-0.2, 0) is 0 Å². The van der Waals surface area contributed by atoms with E-state index in [4.69, 9.17) is 0 Å². The van der Waals surface area contributed by atoms with Crippen LogP contribution in [0.3, 0.4) is 0 Å². The molecule has 2 rings (SSSR count). The summed E-state index contributed by atoms with van der Waals surface area (Å²) in [5.74, 6) is 3.05. The van der Waals surface area contributed by atoms with Crippen LogP contribution in [0.4, 0.5) is 0 Å². The van der Waals surface area contributed by atoms with Gasteiger partial charge in [-0.3, -0.25) is 0 Å². The lowest BCUT2D eigenvalue weighted by Crippen LogP contribution is -2.13. The van der Waals surface area contributed by atoms with E-state index in [0.29, 0.717) is 11.8 Å². The molecule has 0 radical (unpaired) electrons. The molecule has 0 saturated carbocycles. The average Bonchev–Trinajstić information content (AvgIpc) is 2.88. The molecule has 1 aromatic heterocycles. The molecular weight excluding hydrogens is 276 g/mol. The van der Waals surface area contributed by atoms with Gasteiger partial charge in [0.15, 0.2) is 0 Å². The molecule has 102 valence electrons. The fourth-order valence-electron chi connectivity index (χ4n) is 1.64. The average molecular weight is 294 g/mol. The first-order valence-electron chi connectivity index (χ1n) is 6.30. The monoisotopic (exact) mass is 294 g/mol. The first-order valence-corrected chi connectivity index (χ1v) is 7.91. The second-order valence-corrected chi connectivity index (χ2v) is 6.06. The third-order valence-corrected chi connectivity index (χ3v) is 4.62. The zero-order chi connectivity index (χ0) is 13.7. The summed E-state index contributed by atoms with van der Waals surface area (Å²) in [5, 5.41) is 12.8. The SMILES string of the molecule is CC(C)C(CS)CSc1nnnn1-c1ccccc1. The van der Waals surface area contributed by atoms with Crippen molar-refractivity contribution in [2.75, 3.05) is 11.5 Å². The molecule has 0 aliphatic carbocycles. The van der Waals surface area contributed by atoms with Crippen molar-refractivity contribution in [3.63, 3.8) is 0 Å². The van der Waals surface area contributed by atoms with E-state index in [1.54, 1.807) is 16.4 Å². The van der Waals surface area contributed by atoms with Crippen LogP contribution >= 0.6 is 24.4 Å². The highest BCUT2D eigenvalue weighted by Gasteiger charge is 2.15. The van der Waals surface area contributed by atoms with E-state index in [-0.39, 0.29) is 0 Å². The number of tetrazole rings is 1. The van der Waals surface area contributed by atoms with Gasteiger partial charge in [-0.05, 0) is 40.1 Å². The highest BCUT2D eigenvalue weighted by Crippen LogP contribution is 2.24. The zero-order valence-corrected chi connectivity index (χ0v) is 12.8. The Morgan fingerprint density at radius 3 is 2.63 bits per heavy atom. The summed E-state index contributed by atoms with van der Waals surface area (Å²) in [6, 6.07) is 9.94. The van der Waals surface area contributed by atoms with Crippen LogP contribution in [0.25, 0.3) is 5.69 Å². The van der Waals surface area contributed by atoms with Gasteiger partial charge in [0, 0.05) is 5.75 Å². The Bertz CT molecular complexity index is 498. The fraction of sp³-hybridized carbons (Fsp3) is 0.462. The zero-order valence-electron chi connectivity index (χ0n) is 11.1. The van der Waals surface area contributed by atoms with Gasteiger partial charge < -0.3 is 0 Å². The molecule has 1 aromatic carbocycles. The Labute approximate surface area is 123 Å². The molecule has 0 bridgehead atoms. The van der Waals surface area contributed by atoms with Crippen molar-refractivity contribution >= 4 is 24.4 Å². The van der Waals surface area contributed by atoms with Crippen LogP contribution in [0, 0.1) is 11.8 Å². The molecule has 0 aliphatic heterocycles. The second kappa shape index (κ2) is 6.96. The maximum atomic E-state index is 4.41. The molecule has 0 aliphatic rings. The number of nitrogens with zero attached hydrogens (tertiary/aromatic N) is 4. The predicted octanol–water partition coefficient (Wildman–Crippen LogP) is 2.96. The number of para-hydroxylation sites is 1. The highest BCUT2D eigenvalue weighted by molar-refractivity contribution is 7.99. The van der Waals surface area contributed by atoms with E-state index in [2.05, 4.69) is 42.0 Å². The van der Waals surface area contributed by atoms with Crippen molar-refractivity contribution < 1.29 is 0 Å². The standard InChI is InChI=1S/C13H18N4S2/c1-10(2)11(8-18)9-19-13-14-15-16-17(13)12-6-4-3-5-7-12/h3-7,10-11,18H,8-9H2,1-2H3. The Kier molecular flexibility index (Phi) is 5.27. The first-order chi connectivity index (χ1) is 9.22. The van der Waals surface area contributed by atoms with Gasteiger partial charge in [0.2, 0.25) is 5.16 Å². The van der Waals surface area contributed by atoms with Gasteiger partial charge in [-0.2, -0.15) is 17.3 Å². The largest absolute Gasteiger partial charge is 0.214 e. The Morgan fingerprint density at radius 2 is 2.00 bits per heavy atom. The Morgan fingerprint density at radius 1 is 1.26 bits per heavy atom. The second-order valence-electron chi connectivity index (χ2n) is 4.71. The summed E-state index contributed by atoms with van der Waals surface area (Å²) in [6.07, 6.45) is 0. The molecule has 6 heteroatoms. The first kappa shape index (κ1) is 14.4. The Hall–Kier alpha value is -1.01. The molecular formula is C13H18N4S2. The van der Waals surface area contributed by atoms with Gasteiger partial charge in [-0.1, -0.05) is 43.8 Å². The molecule has 2 aromatic rings. The van der Waals surface area contributed by atoms with E-state index in [1.807, 2.05) is 30.3 Å². The predicted molar refractivity (Wildman–Crippen MR) is 82.1 cm³/mol. The van der Waals surface area contributed by atoms with Crippen LogP contribution in [0.1, 0.15) is 13.8 Å². The van der Waals surface area contributed by atoms with Gasteiger partial charge in [-0.15, -0.1) is 5.10 Å². The minimum Gasteiger partial charge on any atom is -0.188 e. The topological polar surface area (TPSA) is 43.6 Å². The Balaban J connectivity index is 2.08. The fourth-order valence-corrected chi connectivity index (χ4v) is 3.59. The maximum Gasteiger partial charge on any atom is 0.214 e. The quantitative estimate of drug-likeness (QED) is 0.657. The minimum absolute atomic E-state index is 0.564. The molecule has 0 amide bonds. The van der Waals surface area contributed by atoms with E-state index in [1.165, 1.54) is 0 Å². The van der Waals surface area contributed by atoms with Crippen molar-refractivity contribution in [2.24, 2.45) is 11.8 Å². The van der Waals surface area contributed by atoms with Crippen LogP contribution in [0.2, 0.25) is 0 Å². The van der Waals surface area contributed by atoms with E-state index >= 15 is 0 Å². The number of hydrogen-bond donors (Lipinski definition) is 1. The van der Waals surface area contributed by atoms with Crippen LogP contribution in [-0.4, -0.2) is 31.7 Å². The van der Waals surface area contributed by atoms with Crippen LogP contribution in [0.15, 0.2) is 35.5 Å². The lowest BCUT2D eigenvalue weighted by Gasteiger charge is -2.17. The van der Waals surface area contributed by atoms with E-state index in [9.17, 15) is 0 Å². The van der Waals surface area contributed by atoms with Crippen LogP contribution in [0.5, 0.6) is 0 Å². The molecule has 19 heavy (non-hydrogen) atoms. The third-order valence-electron chi connectivity index (χ3n) is 3.05. The smallest absolute Gasteiger partial charge is 0.188 e. The van der Waals surface area contributed by atoms with Crippen molar-refractivity contribution in [1.29, 1.82) is 0 Å². The molecule has 0 spiro atoms. The maximum absolute atomic E-state index is 4.41. The van der Waals surface area contributed by atoms with Gasteiger partial charge in [0.05, 0.1) is 5.69 Å². The number of thiol groups is 1. The number of rotatable bonds is 6. The van der Waals surface area contributed by atoms with Crippen LogP contribution < -0.4 is 0 Å². The third kappa shape index (κ3) is 3.73. The summed E-state index contributed by atoms with van der Waals surface area (Å²) < 4.78 is 1.78. The van der Waals surface area contributed by atoms with Gasteiger partial charge in [0.25, 0.3) is 0 Å². The summed E-state index contributed by atoms with van der Waals surface area (Å²) >= 11 is 6.10. The molecule has 1 heterocycles. The number of thioether (sulfide) groups is 1. The van der Waals surface area contributed by atoms with Crippen molar-refractivity contribution in [3.05, 3.63) is 30.3 Å². The molecule has 1 unspecified atom stereocenters. The highest BCUT2D eigenvalue weighted by atomic mass is 32.2. The van der Waals surface area contributed by atoms with Crippen molar-refractivity contribution in [2.45, 2.75) is 19.0 Å². The summed E-state index contributed by atoms with van der Waals surface area (Å²) in [7, 11) is 0. The number of benzene rings is 1. The van der Waals surface area contributed by atoms with Gasteiger partial charge in [-0.25, -0.2) is 0 Å². The molecule has 1 atom stereocenters. The van der Waals surface area contributed by atoms with Crippen molar-refractivity contribution in [3.8, 4) is 5.69 Å².